The van der Waals surface area contributed by atoms with Gasteiger partial charge in [0, 0.05) is 30.7 Å². The van der Waals surface area contributed by atoms with Crippen LogP contribution >= 0.6 is 0 Å². The second kappa shape index (κ2) is 12.0. The summed E-state index contributed by atoms with van der Waals surface area (Å²) in [5.74, 6) is -4.31. The Bertz CT molecular complexity index is 1630. The summed E-state index contributed by atoms with van der Waals surface area (Å²) in [6.07, 6.45) is -1.03. The molecule has 1 saturated heterocycles. The average molecular weight is 598 g/mol. The highest BCUT2D eigenvalue weighted by molar-refractivity contribution is 6.06. The number of nitrogens with one attached hydrogen (secondary N) is 2. The summed E-state index contributed by atoms with van der Waals surface area (Å²) >= 11 is 0. The van der Waals surface area contributed by atoms with E-state index in [1.54, 1.807) is 26.0 Å². The highest BCUT2D eigenvalue weighted by Gasteiger charge is 2.41. The van der Waals surface area contributed by atoms with Crippen molar-refractivity contribution in [2.45, 2.75) is 52.0 Å². The first-order valence-corrected chi connectivity index (χ1v) is 13.3. The lowest BCUT2D eigenvalue weighted by Gasteiger charge is -2.29. The SMILES string of the molecule is CC(C)Oc1c(COC(=O)Nc2ccc(Oc3ccc(F)c(F)c3)cc2F)ccc2c1C(=O)N(C1CCC(=O)NC1=O)C2. The number of anilines is 1. The molecule has 1 atom stereocenters. The molecule has 2 heterocycles. The number of benzene rings is 3. The Morgan fingerprint density at radius 1 is 1.00 bits per heavy atom. The lowest BCUT2D eigenvalue weighted by Crippen LogP contribution is -2.52. The van der Waals surface area contributed by atoms with E-state index in [4.69, 9.17) is 14.2 Å². The summed E-state index contributed by atoms with van der Waals surface area (Å²) in [5.41, 5.74) is 0.996. The van der Waals surface area contributed by atoms with Crippen molar-refractivity contribution in [2.24, 2.45) is 0 Å². The van der Waals surface area contributed by atoms with Crippen LogP contribution in [0.1, 0.15) is 48.2 Å². The number of hydrogen-bond acceptors (Lipinski definition) is 7. The van der Waals surface area contributed by atoms with Crippen LogP contribution in [0.2, 0.25) is 0 Å². The number of amides is 4. The smallest absolute Gasteiger partial charge is 0.412 e. The molecule has 1 unspecified atom stereocenters. The minimum atomic E-state index is -1.12. The Morgan fingerprint density at radius 2 is 1.72 bits per heavy atom. The molecular formula is C30H26F3N3O7. The van der Waals surface area contributed by atoms with Gasteiger partial charge in [0.25, 0.3) is 5.91 Å². The summed E-state index contributed by atoms with van der Waals surface area (Å²) in [5, 5.41) is 4.54. The summed E-state index contributed by atoms with van der Waals surface area (Å²) in [6.45, 7) is 3.34. The molecular weight excluding hydrogens is 571 g/mol. The van der Waals surface area contributed by atoms with E-state index < -0.39 is 47.3 Å². The van der Waals surface area contributed by atoms with Crippen molar-refractivity contribution in [1.82, 2.24) is 10.2 Å². The summed E-state index contributed by atoms with van der Waals surface area (Å²) in [6, 6.07) is 8.83. The molecule has 10 nitrogen and oxygen atoms in total. The highest BCUT2D eigenvalue weighted by atomic mass is 19.2. The van der Waals surface area contributed by atoms with Crippen molar-refractivity contribution >= 4 is 29.5 Å². The van der Waals surface area contributed by atoms with Gasteiger partial charge in [0.1, 0.15) is 29.9 Å². The number of fused-ring (bicyclic) bond motifs is 1. The number of carbonyl (C=O) groups is 4. The van der Waals surface area contributed by atoms with Crippen LogP contribution in [0.25, 0.3) is 0 Å². The van der Waals surface area contributed by atoms with Gasteiger partial charge < -0.3 is 19.1 Å². The maximum atomic E-state index is 14.7. The Hall–Kier alpha value is -5.07. The molecule has 3 aromatic carbocycles. The number of carbonyl (C=O) groups excluding carboxylic acids is 4. The van der Waals surface area contributed by atoms with Gasteiger partial charge in [-0.3, -0.25) is 25.0 Å². The van der Waals surface area contributed by atoms with Gasteiger partial charge in [-0.1, -0.05) is 12.1 Å². The van der Waals surface area contributed by atoms with Crippen molar-refractivity contribution in [1.29, 1.82) is 0 Å². The van der Waals surface area contributed by atoms with Crippen LogP contribution in [0, 0.1) is 17.5 Å². The third kappa shape index (κ3) is 6.40. The normalized spacial score (nSPS) is 16.2. The van der Waals surface area contributed by atoms with E-state index in [1.807, 2.05) is 0 Å². The number of rotatable bonds is 8. The first-order valence-electron chi connectivity index (χ1n) is 13.3. The van der Waals surface area contributed by atoms with Gasteiger partial charge in [0.15, 0.2) is 17.5 Å². The first kappa shape index (κ1) is 29.4. The maximum absolute atomic E-state index is 14.7. The fourth-order valence-corrected chi connectivity index (χ4v) is 4.77. The summed E-state index contributed by atoms with van der Waals surface area (Å²) < 4.78 is 57.8. The molecule has 1 fully saturated rings. The molecule has 0 saturated carbocycles. The van der Waals surface area contributed by atoms with Gasteiger partial charge in [0.05, 0.1) is 17.4 Å². The van der Waals surface area contributed by atoms with E-state index in [2.05, 4.69) is 10.6 Å². The third-order valence-corrected chi connectivity index (χ3v) is 6.74. The van der Waals surface area contributed by atoms with Crippen LogP contribution in [0.15, 0.2) is 48.5 Å². The molecule has 224 valence electrons. The van der Waals surface area contributed by atoms with Gasteiger partial charge in [-0.2, -0.15) is 0 Å². The topological polar surface area (TPSA) is 123 Å². The number of imide groups is 1. The fourth-order valence-electron chi connectivity index (χ4n) is 4.77. The van der Waals surface area contributed by atoms with Gasteiger partial charge >= 0.3 is 6.09 Å². The zero-order valence-electron chi connectivity index (χ0n) is 23.0. The lowest BCUT2D eigenvalue weighted by atomic mass is 10.0. The summed E-state index contributed by atoms with van der Waals surface area (Å²) in [4.78, 5) is 51.3. The van der Waals surface area contributed by atoms with Crippen molar-refractivity contribution in [2.75, 3.05) is 5.32 Å². The molecule has 0 aromatic heterocycles. The van der Waals surface area contributed by atoms with Crippen LogP contribution in [-0.4, -0.2) is 40.9 Å². The second-order valence-corrected chi connectivity index (χ2v) is 10.2. The molecule has 2 aliphatic rings. The molecule has 4 amide bonds. The molecule has 2 aliphatic heterocycles. The van der Waals surface area contributed by atoms with Gasteiger partial charge in [-0.15, -0.1) is 0 Å². The van der Waals surface area contributed by atoms with Crippen LogP contribution in [0.5, 0.6) is 17.2 Å². The molecule has 2 N–H and O–H groups in total. The largest absolute Gasteiger partial charge is 0.490 e. The molecule has 3 aromatic rings. The van der Waals surface area contributed by atoms with Crippen molar-refractivity contribution in [3.63, 3.8) is 0 Å². The molecule has 13 heteroatoms. The molecule has 0 radical (unpaired) electrons. The monoisotopic (exact) mass is 597 g/mol. The molecule has 0 bridgehead atoms. The van der Waals surface area contributed by atoms with Crippen LogP contribution in [0.4, 0.5) is 23.7 Å². The Balaban J connectivity index is 1.26. The van der Waals surface area contributed by atoms with Crippen LogP contribution in [-0.2, 0) is 27.5 Å². The van der Waals surface area contributed by atoms with Gasteiger partial charge in [-0.05, 0) is 50.1 Å². The van der Waals surface area contributed by atoms with Crippen molar-refractivity contribution < 1.29 is 46.6 Å². The van der Waals surface area contributed by atoms with Gasteiger partial charge in [0.2, 0.25) is 11.8 Å². The van der Waals surface area contributed by atoms with Crippen molar-refractivity contribution in [3.8, 4) is 17.2 Å². The number of nitrogens with zero attached hydrogens (tertiary/aromatic N) is 1. The number of ether oxygens (including phenoxy) is 3. The lowest BCUT2D eigenvalue weighted by molar-refractivity contribution is -0.136. The van der Waals surface area contributed by atoms with E-state index in [0.717, 1.165) is 18.2 Å². The zero-order valence-corrected chi connectivity index (χ0v) is 23.0. The highest BCUT2D eigenvalue weighted by Crippen LogP contribution is 2.37. The Kier molecular flexibility index (Phi) is 8.24. The molecule has 5 rings (SSSR count). The van der Waals surface area contributed by atoms with Crippen LogP contribution in [0.3, 0.4) is 0 Å². The Morgan fingerprint density at radius 3 is 2.40 bits per heavy atom. The predicted molar refractivity (Wildman–Crippen MR) is 145 cm³/mol. The average Bonchev–Trinajstić information content (AvgIpc) is 3.27. The maximum Gasteiger partial charge on any atom is 0.412 e. The van der Waals surface area contributed by atoms with E-state index in [1.165, 1.54) is 23.1 Å². The van der Waals surface area contributed by atoms with Gasteiger partial charge in [-0.25, -0.2) is 18.0 Å². The standard InChI is InChI=1S/C30H26F3N3O7/c1-15(2)42-27-17(4-3-16-13-36(29(39)26(16)27)24-9-10-25(37)35-28(24)38)14-41-30(40)34-23-8-6-19(12-22(23)33)43-18-5-7-20(31)21(32)11-18/h3-8,11-12,15,24H,9-10,13-14H2,1-2H3,(H,34,40)(H,35,37,38). The number of hydrogen-bond donors (Lipinski definition) is 2. The third-order valence-electron chi connectivity index (χ3n) is 6.74. The first-order chi connectivity index (χ1) is 20.5. The number of piperidine rings is 1. The molecule has 0 spiro atoms. The Labute approximate surface area is 243 Å². The van der Waals surface area contributed by atoms with E-state index >= 15 is 0 Å². The van der Waals surface area contributed by atoms with E-state index in [0.29, 0.717) is 11.1 Å². The van der Waals surface area contributed by atoms with E-state index in [9.17, 15) is 32.3 Å². The van der Waals surface area contributed by atoms with Crippen molar-refractivity contribution in [3.05, 3.63) is 82.7 Å². The minimum absolute atomic E-state index is 0.0212. The van der Waals surface area contributed by atoms with Crippen LogP contribution < -0.4 is 20.1 Å². The zero-order chi connectivity index (χ0) is 30.8. The molecule has 43 heavy (non-hydrogen) atoms. The van der Waals surface area contributed by atoms with E-state index in [-0.39, 0.29) is 60.6 Å². The molecule has 0 aliphatic carbocycles. The fraction of sp³-hybridized carbons (Fsp3) is 0.267. The second-order valence-electron chi connectivity index (χ2n) is 10.2. The quantitative estimate of drug-likeness (QED) is 0.343. The minimum Gasteiger partial charge on any atom is -0.490 e. The predicted octanol–water partition coefficient (Wildman–Crippen LogP) is 5.19. The number of halogens is 3. The summed E-state index contributed by atoms with van der Waals surface area (Å²) in [7, 11) is 0.